The normalized spacial score (nSPS) is 14.3. The van der Waals surface area contributed by atoms with Gasteiger partial charge in [0.25, 0.3) is 11.8 Å². The fourth-order valence-corrected chi connectivity index (χ4v) is 6.89. The number of hydrogen-bond acceptors (Lipinski definition) is 11. The van der Waals surface area contributed by atoms with Crippen molar-refractivity contribution < 1.29 is 42.9 Å². The molecule has 0 spiro atoms. The lowest BCUT2D eigenvalue weighted by Gasteiger charge is -2.22. The van der Waals surface area contributed by atoms with Gasteiger partial charge in [-0.3, -0.25) is 14.4 Å². The molecule has 2 aliphatic rings. The minimum atomic E-state index is -0.698. The maximum atomic E-state index is 13.1. The van der Waals surface area contributed by atoms with E-state index in [1.54, 1.807) is 18.2 Å². The predicted octanol–water partition coefficient (Wildman–Crippen LogP) is 5.31. The summed E-state index contributed by atoms with van der Waals surface area (Å²) in [7, 11) is 0. The molecule has 314 valence electrons. The predicted molar refractivity (Wildman–Crippen MR) is 228 cm³/mol. The van der Waals surface area contributed by atoms with Crippen molar-refractivity contribution in [3.05, 3.63) is 125 Å². The fraction of sp³-hybridized carbons (Fsp3) is 0.326. The SMILES string of the molecule is O=CCCC(C=O)N1Cc2c(NC(=O)CCOCCOCCOCCOCCNCc3ccc(N/C(=C4\C(=O)Nc5ccccc54)c4ccccc4)cc3)cccc2C1=O. The molecule has 1 atom stereocenters. The Hall–Kier alpha value is -6.03. The number of aldehydes is 2. The van der Waals surface area contributed by atoms with E-state index >= 15 is 0 Å². The maximum Gasteiger partial charge on any atom is 0.258 e. The molecule has 0 fully saturated rings. The lowest BCUT2D eigenvalue weighted by atomic mass is 10.00. The highest BCUT2D eigenvalue weighted by molar-refractivity contribution is 6.37. The molecular formula is C46H51N5O9. The van der Waals surface area contributed by atoms with Gasteiger partial charge in [0.2, 0.25) is 5.91 Å². The van der Waals surface area contributed by atoms with Gasteiger partial charge in [0.1, 0.15) is 12.6 Å². The first kappa shape index (κ1) is 43.5. The van der Waals surface area contributed by atoms with Gasteiger partial charge in [0.15, 0.2) is 0 Å². The van der Waals surface area contributed by atoms with Crippen LogP contribution in [0.3, 0.4) is 0 Å². The molecule has 6 rings (SSSR count). The van der Waals surface area contributed by atoms with Crippen molar-refractivity contribution in [2.24, 2.45) is 0 Å². The molecule has 4 aromatic carbocycles. The molecule has 0 saturated heterocycles. The van der Waals surface area contributed by atoms with E-state index in [4.69, 9.17) is 18.9 Å². The molecule has 0 radical (unpaired) electrons. The molecule has 14 nitrogen and oxygen atoms in total. The van der Waals surface area contributed by atoms with Crippen molar-refractivity contribution in [3.8, 4) is 0 Å². The van der Waals surface area contributed by atoms with Crippen LogP contribution in [-0.4, -0.2) is 101 Å². The number of rotatable bonds is 26. The average molecular weight is 818 g/mol. The van der Waals surface area contributed by atoms with Gasteiger partial charge in [-0.2, -0.15) is 0 Å². The van der Waals surface area contributed by atoms with Gasteiger partial charge < -0.3 is 54.7 Å². The van der Waals surface area contributed by atoms with Crippen LogP contribution in [-0.2, 0) is 51.2 Å². The second kappa shape index (κ2) is 22.9. The molecule has 0 saturated carbocycles. The molecule has 4 N–H and O–H groups in total. The minimum absolute atomic E-state index is 0.121. The minimum Gasteiger partial charge on any atom is -0.379 e. The summed E-state index contributed by atoms with van der Waals surface area (Å²) in [5, 5.41) is 12.7. The summed E-state index contributed by atoms with van der Waals surface area (Å²) in [4.78, 5) is 62.3. The maximum absolute atomic E-state index is 13.1. The Morgan fingerprint density at radius 2 is 1.40 bits per heavy atom. The molecule has 2 heterocycles. The lowest BCUT2D eigenvalue weighted by molar-refractivity contribution is -0.117. The van der Waals surface area contributed by atoms with Crippen molar-refractivity contribution >= 4 is 58.6 Å². The number of benzene rings is 4. The van der Waals surface area contributed by atoms with Gasteiger partial charge in [-0.05, 0) is 47.9 Å². The smallest absolute Gasteiger partial charge is 0.258 e. The number of carbonyl (C=O) groups excluding carboxylic acids is 5. The Bertz CT molecular complexity index is 2110. The van der Waals surface area contributed by atoms with Crippen LogP contribution in [0.25, 0.3) is 11.3 Å². The molecule has 0 bridgehead atoms. The first-order chi connectivity index (χ1) is 29.5. The van der Waals surface area contributed by atoms with Crippen molar-refractivity contribution in [2.45, 2.75) is 38.4 Å². The van der Waals surface area contributed by atoms with E-state index in [-0.39, 0.29) is 50.1 Å². The summed E-state index contributed by atoms with van der Waals surface area (Å²) in [6.07, 6.45) is 1.96. The second-order valence-electron chi connectivity index (χ2n) is 14.1. The first-order valence-electron chi connectivity index (χ1n) is 20.2. The molecule has 2 aliphatic heterocycles. The topological polar surface area (TPSA) is 174 Å². The number of fused-ring (bicyclic) bond motifs is 2. The molecule has 4 aromatic rings. The van der Waals surface area contributed by atoms with Crippen LogP contribution in [0.1, 0.15) is 51.9 Å². The standard InChI is InChI=1S/C46H51N5O9/c52-21-7-10-36(32-53)51-31-39-37(46(51)56)12-6-14-41(39)49-42(54)19-22-57-24-26-59-28-29-60-27-25-58-23-20-47-30-33-15-17-35(18-16-33)48-44(34-8-2-1-3-9-34)43-38-11-4-5-13-40(38)50-45(43)55/h1-6,8-9,11-18,21,32,36,47-48H,7,10,19-20,22-31H2,(H,49,54)(H,50,55)/b44-43-. The Kier molecular flexibility index (Phi) is 16.6. The van der Waals surface area contributed by atoms with Crippen LogP contribution < -0.4 is 21.3 Å². The van der Waals surface area contributed by atoms with Crippen molar-refractivity contribution in [1.82, 2.24) is 10.2 Å². The third kappa shape index (κ3) is 12.0. The number of para-hydroxylation sites is 1. The zero-order valence-electron chi connectivity index (χ0n) is 33.5. The highest BCUT2D eigenvalue weighted by atomic mass is 16.6. The zero-order valence-corrected chi connectivity index (χ0v) is 33.5. The van der Waals surface area contributed by atoms with Gasteiger partial charge in [0, 0.05) is 59.8 Å². The molecule has 14 heteroatoms. The van der Waals surface area contributed by atoms with Gasteiger partial charge >= 0.3 is 0 Å². The number of nitrogens with one attached hydrogen (secondary N) is 4. The molecular weight excluding hydrogens is 767 g/mol. The summed E-state index contributed by atoms with van der Waals surface area (Å²) in [6.45, 7) is 4.73. The fourth-order valence-electron chi connectivity index (χ4n) is 6.89. The molecule has 0 aromatic heterocycles. The van der Waals surface area contributed by atoms with Crippen LogP contribution in [0, 0.1) is 0 Å². The zero-order chi connectivity index (χ0) is 41.9. The Morgan fingerprint density at radius 3 is 2.12 bits per heavy atom. The Balaban J connectivity index is 0.773. The first-order valence-corrected chi connectivity index (χ1v) is 20.2. The number of hydrogen-bond donors (Lipinski definition) is 4. The number of nitrogens with zero attached hydrogens (tertiary/aromatic N) is 1. The van der Waals surface area contributed by atoms with Gasteiger partial charge in [0.05, 0.1) is 76.6 Å². The van der Waals surface area contributed by atoms with Crippen molar-refractivity contribution in [1.29, 1.82) is 0 Å². The van der Waals surface area contributed by atoms with Crippen molar-refractivity contribution in [2.75, 3.05) is 75.4 Å². The second-order valence-corrected chi connectivity index (χ2v) is 14.1. The van der Waals surface area contributed by atoms with E-state index in [0.29, 0.717) is 88.0 Å². The van der Waals surface area contributed by atoms with E-state index in [9.17, 15) is 24.0 Å². The molecule has 60 heavy (non-hydrogen) atoms. The van der Waals surface area contributed by atoms with E-state index in [2.05, 4.69) is 33.4 Å². The molecule has 3 amide bonds. The quantitative estimate of drug-likeness (QED) is 0.0368. The highest BCUT2D eigenvalue weighted by Crippen LogP contribution is 2.37. The summed E-state index contributed by atoms with van der Waals surface area (Å²) >= 11 is 0. The van der Waals surface area contributed by atoms with Gasteiger partial charge in [-0.25, -0.2) is 0 Å². The number of anilines is 3. The van der Waals surface area contributed by atoms with E-state index in [0.717, 1.165) is 40.0 Å². The van der Waals surface area contributed by atoms with Crippen LogP contribution in [0.15, 0.2) is 97.1 Å². The summed E-state index contributed by atoms with van der Waals surface area (Å²) in [6, 6.07) is 30.1. The van der Waals surface area contributed by atoms with E-state index < -0.39 is 6.04 Å². The summed E-state index contributed by atoms with van der Waals surface area (Å²) in [5.74, 6) is -0.684. The Morgan fingerprint density at radius 1 is 0.733 bits per heavy atom. The van der Waals surface area contributed by atoms with Crippen molar-refractivity contribution in [3.63, 3.8) is 0 Å². The molecule has 0 aliphatic carbocycles. The monoisotopic (exact) mass is 817 g/mol. The molecule has 1 unspecified atom stereocenters. The number of amides is 3. The van der Waals surface area contributed by atoms with Crippen LogP contribution in [0.2, 0.25) is 0 Å². The third-order valence-corrected chi connectivity index (χ3v) is 9.96. The Labute approximate surface area is 349 Å². The third-order valence-electron chi connectivity index (χ3n) is 9.96. The number of carbonyl (C=O) groups is 5. The van der Waals surface area contributed by atoms with Gasteiger partial charge in [-0.1, -0.05) is 66.7 Å². The summed E-state index contributed by atoms with van der Waals surface area (Å²) in [5.41, 5.74) is 7.58. The van der Waals surface area contributed by atoms with Crippen LogP contribution in [0.4, 0.5) is 17.1 Å². The van der Waals surface area contributed by atoms with Gasteiger partial charge in [-0.15, -0.1) is 0 Å². The summed E-state index contributed by atoms with van der Waals surface area (Å²) < 4.78 is 22.3. The number of ether oxygens (including phenoxy) is 4. The largest absolute Gasteiger partial charge is 0.379 e. The lowest BCUT2D eigenvalue weighted by Crippen LogP contribution is -2.36. The van der Waals surface area contributed by atoms with E-state index in [1.807, 2.05) is 66.7 Å². The van der Waals surface area contributed by atoms with Crippen LogP contribution >= 0.6 is 0 Å². The van der Waals surface area contributed by atoms with E-state index in [1.165, 1.54) is 4.90 Å². The average Bonchev–Trinajstić information content (AvgIpc) is 3.79. The van der Waals surface area contributed by atoms with Crippen LogP contribution in [0.5, 0.6) is 0 Å². The highest BCUT2D eigenvalue weighted by Gasteiger charge is 2.34.